The van der Waals surface area contributed by atoms with E-state index in [1.165, 1.54) is 0 Å². The Kier molecular flexibility index (Phi) is 6.63. The van der Waals surface area contributed by atoms with E-state index < -0.39 is 0 Å². The second-order valence-electron chi connectivity index (χ2n) is 6.33. The first-order valence-corrected chi connectivity index (χ1v) is 9.48. The highest BCUT2D eigenvalue weighted by molar-refractivity contribution is 6.02. The molecule has 1 aromatic heterocycles. The van der Waals surface area contributed by atoms with Crippen molar-refractivity contribution in [2.45, 2.75) is 20.5 Å². The topological polar surface area (TPSA) is 54.5 Å². The molecule has 0 aliphatic carbocycles. The zero-order valence-electron chi connectivity index (χ0n) is 16.3. The summed E-state index contributed by atoms with van der Waals surface area (Å²) < 4.78 is 5.76. The van der Waals surface area contributed by atoms with Gasteiger partial charge in [-0.1, -0.05) is 30.3 Å². The smallest absolute Gasteiger partial charge is 0.274 e. The third-order valence-corrected chi connectivity index (χ3v) is 4.47. The number of nitrogens with one attached hydrogen (secondary N) is 1. The number of hydrogen-bond donors (Lipinski definition) is 1. The Balaban J connectivity index is 1.56. The van der Waals surface area contributed by atoms with Crippen LogP contribution in [0.4, 0.5) is 11.4 Å². The molecule has 1 amide bonds. The van der Waals surface area contributed by atoms with E-state index in [0.29, 0.717) is 18.0 Å². The standard InChI is InChI=1S/C23H25N3O2/c1-3-26(4-2)20-12-15-22(24-16-20)23(27)25-19-10-13-21(14-11-19)28-17-18-8-6-5-7-9-18/h5-16H,3-4,17H2,1-2H3,(H,25,27). The maximum atomic E-state index is 12.4. The Morgan fingerprint density at radius 2 is 1.68 bits per heavy atom. The largest absolute Gasteiger partial charge is 0.489 e. The molecule has 1 N–H and O–H groups in total. The molecule has 0 atom stereocenters. The first-order valence-electron chi connectivity index (χ1n) is 9.48. The Bertz CT molecular complexity index is 874. The van der Waals surface area contributed by atoms with E-state index in [4.69, 9.17) is 4.74 Å². The molecule has 0 saturated carbocycles. The summed E-state index contributed by atoms with van der Waals surface area (Å²) in [5.74, 6) is 0.521. The van der Waals surface area contributed by atoms with Crippen LogP contribution in [0.1, 0.15) is 29.9 Å². The fraction of sp³-hybridized carbons (Fsp3) is 0.217. The molecule has 144 valence electrons. The van der Waals surface area contributed by atoms with Gasteiger partial charge in [0.25, 0.3) is 5.91 Å². The van der Waals surface area contributed by atoms with Gasteiger partial charge in [-0.05, 0) is 55.8 Å². The number of hydrogen-bond acceptors (Lipinski definition) is 4. The Labute approximate surface area is 166 Å². The van der Waals surface area contributed by atoms with E-state index in [9.17, 15) is 4.79 Å². The summed E-state index contributed by atoms with van der Waals surface area (Å²) in [6.45, 7) is 6.51. The summed E-state index contributed by atoms with van der Waals surface area (Å²) in [5, 5.41) is 2.87. The monoisotopic (exact) mass is 375 g/mol. The maximum absolute atomic E-state index is 12.4. The van der Waals surface area contributed by atoms with E-state index in [1.807, 2.05) is 60.7 Å². The Morgan fingerprint density at radius 1 is 0.964 bits per heavy atom. The van der Waals surface area contributed by atoms with Crippen LogP contribution in [0, 0.1) is 0 Å². The lowest BCUT2D eigenvalue weighted by atomic mass is 10.2. The molecule has 0 saturated heterocycles. The van der Waals surface area contributed by atoms with Crippen LogP contribution in [-0.4, -0.2) is 24.0 Å². The SMILES string of the molecule is CCN(CC)c1ccc(C(=O)Nc2ccc(OCc3ccccc3)cc2)nc1. The summed E-state index contributed by atoms with van der Waals surface area (Å²) in [4.78, 5) is 18.9. The molecule has 0 aliphatic heterocycles. The molecule has 0 spiro atoms. The van der Waals surface area contributed by atoms with Crippen LogP contribution in [0.2, 0.25) is 0 Å². The molecule has 5 nitrogen and oxygen atoms in total. The van der Waals surface area contributed by atoms with Crippen molar-refractivity contribution in [2.24, 2.45) is 0 Å². The van der Waals surface area contributed by atoms with Gasteiger partial charge in [0.2, 0.25) is 0 Å². The van der Waals surface area contributed by atoms with Crippen molar-refractivity contribution in [3.8, 4) is 5.75 Å². The predicted molar refractivity (Wildman–Crippen MR) is 113 cm³/mol. The molecule has 1 heterocycles. The predicted octanol–water partition coefficient (Wildman–Crippen LogP) is 4.76. The fourth-order valence-corrected chi connectivity index (χ4v) is 2.87. The number of pyridine rings is 1. The number of benzene rings is 2. The summed E-state index contributed by atoms with van der Waals surface area (Å²) >= 11 is 0. The maximum Gasteiger partial charge on any atom is 0.274 e. The van der Waals surface area contributed by atoms with Crippen LogP contribution >= 0.6 is 0 Å². The lowest BCUT2D eigenvalue weighted by Crippen LogP contribution is -2.22. The molecule has 5 heteroatoms. The number of nitrogens with zero attached hydrogens (tertiary/aromatic N) is 2. The van der Waals surface area contributed by atoms with Gasteiger partial charge in [-0.25, -0.2) is 4.98 Å². The second kappa shape index (κ2) is 9.55. The molecule has 0 aliphatic rings. The van der Waals surface area contributed by atoms with Gasteiger partial charge in [0, 0.05) is 18.8 Å². The second-order valence-corrected chi connectivity index (χ2v) is 6.33. The molecule has 0 radical (unpaired) electrons. The van der Waals surface area contributed by atoms with Crippen molar-refractivity contribution in [1.29, 1.82) is 0 Å². The van der Waals surface area contributed by atoms with Crippen LogP contribution in [-0.2, 0) is 6.61 Å². The van der Waals surface area contributed by atoms with Crippen molar-refractivity contribution in [1.82, 2.24) is 4.98 Å². The first-order chi connectivity index (χ1) is 13.7. The number of ether oxygens (including phenoxy) is 1. The highest BCUT2D eigenvalue weighted by Gasteiger charge is 2.09. The van der Waals surface area contributed by atoms with Crippen LogP contribution in [0.5, 0.6) is 5.75 Å². The number of amides is 1. The Morgan fingerprint density at radius 3 is 2.29 bits per heavy atom. The molecule has 3 aromatic rings. The van der Waals surface area contributed by atoms with Gasteiger partial charge in [-0.2, -0.15) is 0 Å². The first kappa shape index (κ1) is 19.4. The van der Waals surface area contributed by atoms with Crippen molar-refractivity contribution >= 4 is 17.3 Å². The van der Waals surface area contributed by atoms with E-state index >= 15 is 0 Å². The fourth-order valence-electron chi connectivity index (χ4n) is 2.87. The van der Waals surface area contributed by atoms with Crippen LogP contribution in [0.25, 0.3) is 0 Å². The van der Waals surface area contributed by atoms with Gasteiger partial charge in [-0.15, -0.1) is 0 Å². The van der Waals surface area contributed by atoms with Crippen LogP contribution < -0.4 is 15.0 Å². The highest BCUT2D eigenvalue weighted by Crippen LogP contribution is 2.18. The van der Waals surface area contributed by atoms with E-state index in [0.717, 1.165) is 30.1 Å². The molecule has 2 aromatic carbocycles. The summed E-state index contributed by atoms with van der Waals surface area (Å²) in [6, 6.07) is 21.0. The van der Waals surface area contributed by atoms with Gasteiger partial charge in [0.1, 0.15) is 18.1 Å². The van der Waals surface area contributed by atoms with Crippen LogP contribution in [0.15, 0.2) is 72.9 Å². The molecule has 0 bridgehead atoms. The molecule has 3 rings (SSSR count). The normalized spacial score (nSPS) is 10.4. The van der Waals surface area contributed by atoms with Crippen molar-refractivity contribution in [3.63, 3.8) is 0 Å². The minimum Gasteiger partial charge on any atom is -0.489 e. The summed E-state index contributed by atoms with van der Waals surface area (Å²) in [7, 11) is 0. The number of carbonyl (C=O) groups excluding carboxylic acids is 1. The number of anilines is 2. The molecule has 28 heavy (non-hydrogen) atoms. The van der Waals surface area contributed by atoms with Gasteiger partial charge >= 0.3 is 0 Å². The van der Waals surface area contributed by atoms with Crippen LogP contribution in [0.3, 0.4) is 0 Å². The van der Waals surface area contributed by atoms with E-state index in [2.05, 4.69) is 29.0 Å². The summed E-state index contributed by atoms with van der Waals surface area (Å²) in [5.41, 5.74) is 3.22. The van der Waals surface area contributed by atoms with Gasteiger partial charge in [0.15, 0.2) is 0 Å². The average molecular weight is 375 g/mol. The van der Waals surface area contributed by atoms with Crippen molar-refractivity contribution < 1.29 is 9.53 Å². The van der Waals surface area contributed by atoms with E-state index in [-0.39, 0.29) is 5.91 Å². The third kappa shape index (κ3) is 5.10. The quantitative estimate of drug-likeness (QED) is 0.617. The van der Waals surface area contributed by atoms with E-state index in [1.54, 1.807) is 12.3 Å². The lowest BCUT2D eigenvalue weighted by Gasteiger charge is -2.20. The van der Waals surface area contributed by atoms with Gasteiger partial charge < -0.3 is 15.0 Å². The molecule has 0 unspecified atom stereocenters. The molecular formula is C23H25N3O2. The zero-order chi connectivity index (χ0) is 19.8. The summed E-state index contributed by atoms with van der Waals surface area (Å²) in [6.07, 6.45) is 1.74. The lowest BCUT2D eigenvalue weighted by molar-refractivity contribution is 0.102. The molecular weight excluding hydrogens is 350 g/mol. The molecule has 0 fully saturated rings. The third-order valence-electron chi connectivity index (χ3n) is 4.47. The minimum absolute atomic E-state index is 0.232. The number of carbonyl (C=O) groups is 1. The van der Waals surface area contributed by atoms with Crippen molar-refractivity contribution in [2.75, 3.05) is 23.3 Å². The number of aromatic nitrogens is 1. The van der Waals surface area contributed by atoms with Crippen molar-refractivity contribution in [3.05, 3.63) is 84.2 Å². The highest BCUT2D eigenvalue weighted by atomic mass is 16.5. The minimum atomic E-state index is -0.232. The zero-order valence-corrected chi connectivity index (χ0v) is 16.3. The Hall–Kier alpha value is -3.34. The van der Waals surface area contributed by atoms with Gasteiger partial charge in [-0.3, -0.25) is 4.79 Å². The number of rotatable bonds is 8. The van der Waals surface area contributed by atoms with Gasteiger partial charge in [0.05, 0.1) is 11.9 Å². The average Bonchev–Trinajstić information content (AvgIpc) is 2.75.